The van der Waals surface area contributed by atoms with E-state index in [1.54, 1.807) is 0 Å². The van der Waals surface area contributed by atoms with Crippen molar-refractivity contribution in [1.29, 1.82) is 0 Å². The molecular weight excluding hydrogens is 212 g/mol. The molecule has 2 rings (SSSR count). The minimum Gasteiger partial charge on any atom is -0.375 e. The van der Waals surface area contributed by atoms with Gasteiger partial charge in [-0.25, -0.2) is 0 Å². The molecule has 0 aromatic heterocycles. The maximum absolute atomic E-state index is 6.03. The molecule has 100 valence electrons. The van der Waals surface area contributed by atoms with Gasteiger partial charge in [0, 0.05) is 18.7 Å². The Morgan fingerprint density at radius 2 is 2.18 bits per heavy atom. The Morgan fingerprint density at radius 1 is 1.41 bits per heavy atom. The van der Waals surface area contributed by atoms with E-state index in [1.807, 2.05) is 0 Å². The zero-order valence-corrected chi connectivity index (χ0v) is 11.4. The van der Waals surface area contributed by atoms with Gasteiger partial charge in [0.25, 0.3) is 0 Å². The smallest absolute Gasteiger partial charge is 0.0670 e. The summed E-state index contributed by atoms with van der Waals surface area (Å²) in [6.45, 7) is 7.13. The predicted octanol–water partition coefficient (Wildman–Crippen LogP) is 2.05. The fourth-order valence-electron chi connectivity index (χ4n) is 2.92. The second kappa shape index (κ2) is 5.25. The summed E-state index contributed by atoms with van der Waals surface area (Å²) >= 11 is 0. The standard InChI is InChI=1S/C14H28N2O/c1-3-13(2)10-14(11-15,7-9-17-13)16-8-6-12-4-5-12/h12,16H,3-11,15H2,1-2H3. The first-order valence-electron chi connectivity index (χ1n) is 7.20. The molecule has 1 aliphatic heterocycles. The molecule has 17 heavy (non-hydrogen) atoms. The first kappa shape index (κ1) is 13.3. The van der Waals surface area contributed by atoms with Crippen LogP contribution in [0.15, 0.2) is 0 Å². The Hall–Kier alpha value is -0.120. The first-order chi connectivity index (χ1) is 8.11. The second-order valence-electron chi connectivity index (χ2n) is 6.22. The summed E-state index contributed by atoms with van der Waals surface area (Å²) in [5.74, 6) is 0.995. The average molecular weight is 240 g/mol. The fraction of sp³-hybridized carbons (Fsp3) is 1.00. The van der Waals surface area contributed by atoms with Gasteiger partial charge < -0.3 is 15.8 Å². The Labute approximate surface area is 105 Å². The number of hydrogen-bond acceptors (Lipinski definition) is 3. The van der Waals surface area contributed by atoms with E-state index >= 15 is 0 Å². The first-order valence-corrected chi connectivity index (χ1v) is 7.20. The fourth-order valence-corrected chi connectivity index (χ4v) is 2.92. The maximum Gasteiger partial charge on any atom is 0.0670 e. The lowest BCUT2D eigenvalue weighted by molar-refractivity contribution is -0.0994. The minimum atomic E-state index is 0.0181. The van der Waals surface area contributed by atoms with Gasteiger partial charge in [0.2, 0.25) is 0 Å². The van der Waals surface area contributed by atoms with E-state index in [2.05, 4.69) is 19.2 Å². The van der Waals surface area contributed by atoms with Crippen LogP contribution < -0.4 is 11.1 Å². The Kier molecular flexibility index (Phi) is 4.11. The van der Waals surface area contributed by atoms with E-state index in [4.69, 9.17) is 10.5 Å². The Bertz CT molecular complexity index is 255. The van der Waals surface area contributed by atoms with Gasteiger partial charge in [-0.3, -0.25) is 0 Å². The van der Waals surface area contributed by atoms with Gasteiger partial charge in [-0.15, -0.1) is 0 Å². The van der Waals surface area contributed by atoms with Crippen molar-refractivity contribution in [2.24, 2.45) is 11.7 Å². The summed E-state index contributed by atoms with van der Waals surface area (Å²) in [6.07, 6.45) is 7.38. The third-order valence-corrected chi connectivity index (χ3v) is 4.63. The topological polar surface area (TPSA) is 47.3 Å². The average Bonchev–Trinajstić information content (AvgIpc) is 3.13. The van der Waals surface area contributed by atoms with Crippen LogP contribution in [0.1, 0.15) is 52.4 Å². The van der Waals surface area contributed by atoms with Crippen molar-refractivity contribution in [3.8, 4) is 0 Å². The van der Waals surface area contributed by atoms with E-state index in [-0.39, 0.29) is 11.1 Å². The lowest BCUT2D eigenvalue weighted by atomic mass is 9.79. The monoisotopic (exact) mass is 240 g/mol. The van der Waals surface area contributed by atoms with Gasteiger partial charge in [-0.1, -0.05) is 19.8 Å². The zero-order valence-electron chi connectivity index (χ0n) is 11.4. The molecule has 3 N–H and O–H groups in total. The molecule has 2 aliphatic rings. The van der Waals surface area contributed by atoms with Crippen molar-refractivity contribution in [2.75, 3.05) is 19.7 Å². The van der Waals surface area contributed by atoms with E-state index in [0.29, 0.717) is 0 Å². The van der Waals surface area contributed by atoms with Gasteiger partial charge >= 0.3 is 0 Å². The summed E-state index contributed by atoms with van der Waals surface area (Å²) in [5.41, 5.74) is 6.17. The van der Waals surface area contributed by atoms with E-state index < -0.39 is 0 Å². The van der Waals surface area contributed by atoms with Crippen LogP contribution in [-0.2, 0) is 4.74 Å². The number of rotatable bonds is 6. The van der Waals surface area contributed by atoms with Crippen molar-refractivity contribution in [3.63, 3.8) is 0 Å². The van der Waals surface area contributed by atoms with Gasteiger partial charge in [-0.05, 0) is 45.1 Å². The normalized spacial score (nSPS) is 38.3. The van der Waals surface area contributed by atoms with Crippen LogP contribution >= 0.6 is 0 Å². The molecule has 0 bridgehead atoms. The van der Waals surface area contributed by atoms with Gasteiger partial charge in [0.1, 0.15) is 0 Å². The lowest BCUT2D eigenvalue weighted by Crippen LogP contribution is -2.59. The van der Waals surface area contributed by atoms with Crippen molar-refractivity contribution < 1.29 is 4.74 Å². The van der Waals surface area contributed by atoms with Crippen molar-refractivity contribution in [2.45, 2.75) is 63.5 Å². The maximum atomic E-state index is 6.03. The molecule has 0 aromatic rings. The predicted molar refractivity (Wildman–Crippen MR) is 71.0 cm³/mol. The van der Waals surface area contributed by atoms with Gasteiger partial charge in [0.15, 0.2) is 0 Å². The largest absolute Gasteiger partial charge is 0.375 e. The van der Waals surface area contributed by atoms with Crippen LogP contribution in [0.5, 0.6) is 0 Å². The molecule has 2 atom stereocenters. The van der Waals surface area contributed by atoms with Crippen molar-refractivity contribution >= 4 is 0 Å². The number of nitrogens with two attached hydrogens (primary N) is 1. The third kappa shape index (κ3) is 3.43. The molecule has 0 amide bonds. The van der Waals surface area contributed by atoms with Crippen LogP contribution in [0.2, 0.25) is 0 Å². The SMILES string of the molecule is CCC1(C)CC(CN)(NCCC2CC2)CCO1. The highest BCUT2D eigenvalue weighted by atomic mass is 16.5. The minimum absolute atomic E-state index is 0.0181. The van der Waals surface area contributed by atoms with E-state index in [9.17, 15) is 0 Å². The molecule has 1 aliphatic carbocycles. The van der Waals surface area contributed by atoms with E-state index in [1.165, 1.54) is 19.3 Å². The Balaban J connectivity index is 1.87. The van der Waals surface area contributed by atoms with Crippen LogP contribution in [0.3, 0.4) is 0 Å². The molecule has 1 saturated carbocycles. The number of nitrogens with one attached hydrogen (secondary N) is 1. The number of ether oxygens (including phenoxy) is 1. The summed E-state index contributed by atoms with van der Waals surface area (Å²) in [5, 5.41) is 3.74. The third-order valence-electron chi connectivity index (χ3n) is 4.63. The summed E-state index contributed by atoms with van der Waals surface area (Å²) < 4.78 is 5.92. The highest BCUT2D eigenvalue weighted by molar-refractivity contribution is 4.99. The molecule has 3 nitrogen and oxygen atoms in total. The summed E-state index contributed by atoms with van der Waals surface area (Å²) in [7, 11) is 0. The molecule has 0 radical (unpaired) electrons. The summed E-state index contributed by atoms with van der Waals surface area (Å²) in [4.78, 5) is 0. The molecule has 2 unspecified atom stereocenters. The molecule has 1 saturated heterocycles. The second-order valence-corrected chi connectivity index (χ2v) is 6.22. The highest BCUT2D eigenvalue weighted by Gasteiger charge is 2.41. The van der Waals surface area contributed by atoms with Crippen LogP contribution in [0, 0.1) is 5.92 Å². The van der Waals surface area contributed by atoms with Crippen LogP contribution in [0.25, 0.3) is 0 Å². The van der Waals surface area contributed by atoms with Gasteiger partial charge in [-0.2, -0.15) is 0 Å². The quantitative estimate of drug-likeness (QED) is 0.747. The van der Waals surface area contributed by atoms with Crippen molar-refractivity contribution in [1.82, 2.24) is 5.32 Å². The van der Waals surface area contributed by atoms with Gasteiger partial charge in [0.05, 0.1) is 5.60 Å². The molecule has 1 heterocycles. The number of hydrogen-bond donors (Lipinski definition) is 2. The molecule has 2 fully saturated rings. The molecule has 3 heteroatoms. The van der Waals surface area contributed by atoms with Crippen molar-refractivity contribution in [3.05, 3.63) is 0 Å². The van der Waals surface area contributed by atoms with Crippen LogP contribution in [-0.4, -0.2) is 30.8 Å². The molecular formula is C14H28N2O. The zero-order chi connectivity index (χ0) is 12.4. The lowest BCUT2D eigenvalue weighted by Gasteiger charge is -2.46. The molecule has 0 aromatic carbocycles. The Morgan fingerprint density at radius 3 is 2.76 bits per heavy atom. The van der Waals surface area contributed by atoms with Crippen LogP contribution in [0.4, 0.5) is 0 Å². The van der Waals surface area contributed by atoms with E-state index in [0.717, 1.165) is 44.9 Å². The highest BCUT2D eigenvalue weighted by Crippen LogP contribution is 2.35. The summed E-state index contributed by atoms with van der Waals surface area (Å²) in [6, 6.07) is 0. The molecule has 0 spiro atoms.